The summed E-state index contributed by atoms with van der Waals surface area (Å²) in [5, 5.41) is 22.7. The van der Waals surface area contributed by atoms with Gasteiger partial charge in [-0.15, -0.1) is 11.7 Å². The molecule has 2 aromatic rings. The second kappa shape index (κ2) is 6.10. The molecule has 0 atom stereocenters. The van der Waals surface area contributed by atoms with Crippen molar-refractivity contribution in [3.8, 4) is 0 Å². The van der Waals surface area contributed by atoms with E-state index in [0.29, 0.717) is 23.0 Å². The summed E-state index contributed by atoms with van der Waals surface area (Å²) in [4.78, 5) is 10.5. The molecule has 0 fully saturated rings. The largest absolute Gasteiger partial charge is 0.273 e. The monoisotopic (exact) mass is 277 g/mol. The lowest BCUT2D eigenvalue weighted by molar-refractivity contribution is -0.385. The van der Waals surface area contributed by atoms with Crippen molar-refractivity contribution in [1.29, 1.82) is 0 Å². The molecule has 0 amide bonds. The predicted molar refractivity (Wildman–Crippen MR) is 70.7 cm³/mol. The first-order chi connectivity index (χ1) is 9.22. The smallest absolute Gasteiger partial charge is 0.258 e. The number of nitro groups is 1. The first-order valence-electron chi connectivity index (χ1n) is 5.44. The van der Waals surface area contributed by atoms with E-state index in [-0.39, 0.29) is 10.6 Å². The fraction of sp³-hybridized carbons (Fsp3) is 0.182. The van der Waals surface area contributed by atoms with Crippen LogP contribution in [0.15, 0.2) is 42.1 Å². The molecule has 7 nitrogen and oxygen atoms in total. The Balaban J connectivity index is 2.12. The molecule has 0 unspecified atom stereocenters. The Hall–Kier alpha value is -2.22. The van der Waals surface area contributed by atoms with Gasteiger partial charge in [-0.25, -0.2) is 4.68 Å². The standard InChI is InChI=1S/C11H11N5O2S/c1-2-7-15-11(12-13-14-15)19-8-9-5-3-4-6-10(9)16(17)18/h2-6H,1,7-8H2. The van der Waals surface area contributed by atoms with Gasteiger partial charge in [0.15, 0.2) is 0 Å². The Morgan fingerprint density at radius 2 is 2.26 bits per heavy atom. The molecule has 0 aliphatic heterocycles. The van der Waals surface area contributed by atoms with Crippen molar-refractivity contribution in [3.63, 3.8) is 0 Å². The number of hydrogen-bond acceptors (Lipinski definition) is 6. The van der Waals surface area contributed by atoms with E-state index >= 15 is 0 Å². The van der Waals surface area contributed by atoms with Gasteiger partial charge in [0.05, 0.1) is 11.5 Å². The molecule has 1 aromatic heterocycles. The van der Waals surface area contributed by atoms with E-state index in [1.165, 1.54) is 17.8 Å². The fourth-order valence-corrected chi connectivity index (χ4v) is 2.37. The van der Waals surface area contributed by atoms with E-state index in [1.807, 2.05) is 0 Å². The maximum Gasteiger partial charge on any atom is 0.273 e. The lowest BCUT2D eigenvalue weighted by atomic mass is 10.2. The third kappa shape index (κ3) is 3.16. The van der Waals surface area contributed by atoms with Gasteiger partial charge in [0.2, 0.25) is 5.16 Å². The highest BCUT2D eigenvalue weighted by atomic mass is 32.2. The molecule has 1 heterocycles. The van der Waals surface area contributed by atoms with Crippen LogP contribution in [-0.4, -0.2) is 25.1 Å². The van der Waals surface area contributed by atoms with Gasteiger partial charge in [0.1, 0.15) is 0 Å². The third-order valence-electron chi connectivity index (χ3n) is 2.35. The average molecular weight is 277 g/mol. The van der Waals surface area contributed by atoms with Crippen LogP contribution in [-0.2, 0) is 12.3 Å². The Kier molecular flexibility index (Phi) is 4.24. The van der Waals surface area contributed by atoms with E-state index in [2.05, 4.69) is 22.1 Å². The number of nitrogens with zero attached hydrogens (tertiary/aromatic N) is 5. The van der Waals surface area contributed by atoms with Crippen LogP contribution >= 0.6 is 11.8 Å². The van der Waals surface area contributed by atoms with Crippen molar-refractivity contribution in [2.75, 3.05) is 0 Å². The topological polar surface area (TPSA) is 86.7 Å². The Bertz CT molecular complexity index is 598. The van der Waals surface area contributed by atoms with E-state index in [0.717, 1.165) is 0 Å². The van der Waals surface area contributed by atoms with Crippen LogP contribution in [0, 0.1) is 10.1 Å². The molecule has 0 saturated heterocycles. The number of benzene rings is 1. The minimum absolute atomic E-state index is 0.109. The zero-order valence-electron chi connectivity index (χ0n) is 9.97. The molecule has 0 bridgehead atoms. The molecule has 0 spiro atoms. The third-order valence-corrected chi connectivity index (χ3v) is 3.35. The van der Waals surface area contributed by atoms with Gasteiger partial charge in [-0.1, -0.05) is 36.0 Å². The lowest BCUT2D eigenvalue weighted by Gasteiger charge is -2.02. The molecule has 1 aromatic carbocycles. The van der Waals surface area contributed by atoms with Crippen LogP contribution in [0.25, 0.3) is 0 Å². The Morgan fingerprint density at radius 3 is 3.00 bits per heavy atom. The second-order valence-electron chi connectivity index (χ2n) is 3.61. The van der Waals surface area contributed by atoms with Crippen molar-refractivity contribution >= 4 is 17.4 Å². The van der Waals surface area contributed by atoms with Crippen LogP contribution in [0.4, 0.5) is 5.69 Å². The number of tetrazole rings is 1. The molecular formula is C11H11N5O2S. The van der Waals surface area contributed by atoms with Crippen molar-refractivity contribution in [2.45, 2.75) is 17.5 Å². The zero-order chi connectivity index (χ0) is 13.7. The van der Waals surface area contributed by atoms with Gasteiger partial charge < -0.3 is 0 Å². The summed E-state index contributed by atoms with van der Waals surface area (Å²) in [6.07, 6.45) is 1.69. The summed E-state index contributed by atoms with van der Waals surface area (Å²) in [6.45, 7) is 4.12. The van der Waals surface area contributed by atoms with Crippen molar-refractivity contribution < 1.29 is 4.92 Å². The molecule has 8 heteroatoms. The molecule has 0 aliphatic rings. The predicted octanol–water partition coefficient (Wildman–Crippen LogP) is 2.06. The highest BCUT2D eigenvalue weighted by Crippen LogP contribution is 2.26. The van der Waals surface area contributed by atoms with Crippen molar-refractivity contribution in [1.82, 2.24) is 20.2 Å². The number of thioether (sulfide) groups is 1. The van der Waals surface area contributed by atoms with Gasteiger partial charge >= 0.3 is 0 Å². The maximum atomic E-state index is 10.9. The first kappa shape index (κ1) is 13.2. The van der Waals surface area contributed by atoms with Crippen LogP contribution in [0.3, 0.4) is 0 Å². The Labute approximate surface area is 113 Å². The molecule has 2 rings (SSSR count). The zero-order valence-corrected chi connectivity index (χ0v) is 10.8. The van der Waals surface area contributed by atoms with Crippen molar-refractivity contribution in [2.24, 2.45) is 0 Å². The minimum Gasteiger partial charge on any atom is -0.258 e. The van der Waals surface area contributed by atoms with Gasteiger partial charge in [-0.05, 0) is 10.4 Å². The van der Waals surface area contributed by atoms with E-state index in [1.54, 1.807) is 29.0 Å². The average Bonchev–Trinajstić information content (AvgIpc) is 2.84. The van der Waals surface area contributed by atoms with Crippen LogP contribution in [0.1, 0.15) is 5.56 Å². The number of para-hydroxylation sites is 1. The summed E-state index contributed by atoms with van der Waals surface area (Å²) < 4.78 is 1.59. The number of nitro benzene ring substituents is 1. The summed E-state index contributed by atoms with van der Waals surface area (Å²) in [7, 11) is 0. The fourth-order valence-electron chi connectivity index (χ4n) is 1.49. The summed E-state index contributed by atoms with van der Waals surface area (Å²) in [5.74, 6) is 0.439. The van der Waals surface area contributed by atoms with Gasteiger partial charge in [0, 0.05) is 17.4 Å². The quantitative estimate of drug-likeness (QED) is 0.347. The molecule has 98 valence electrons. The highest BCUT2D eigenvalue weighted by Gasteiger charge is 2.14. The molecule has 0 N–H and O–H groups in total. The highest BCUT2D eigenvalue weighted by molar-refractivity contribution is 7.98. The number of hydrogen-bond donors (Lipinski definition) is 0. The SMILES string of the molecule is C=CCn1nnnc1SCc1ccccc1[N+](=O)[O-]. The lowest BCUT2D eigenvalue weighted by Crippen LogP contribution is -2.00. The minimum atomic E-state index is -0.386. The van der Waals surface area contributed by atoms with Gasteiger partial charge in [-0.3, -0.25) is 10.1 Å². The summed E-state index contributed by atoms with van der Waals surface area (Å²) >= 11 is 1.35. The summed E-state index contributed by atoms with van der Waals surface area (Å²) in [6, 6.07) is 6.64. The van der Waals surface area contributed by atoms with Crippen LogP contribution in [0.5, 0.6) is 0 Å². The normalized spacial score (nSPS) is 10.3. The molecule has 19 heavy (non-hydrogen) atoms. The van der Waals surface area contributed by atoms with E-state index < -0.39 is 0 Å². The van der Waals surface area contributed by atoms with Gasteiger partial charge in [-0.2, -0.15) is 0 Å². The number of allylic oxidation sites excluding steroid dienone is 1. The van der Waals surface area contributed by atoms with E-state index in [4.69, 9.17) is 0 Å². The second-order valence-corrected chi connectivity index (χ2v) is 4.55. The van der Waals surface area contributed by atoms with Crippen molar-refractivity contribution in [3.05, 3.63) is 52.6 Å². The molecular weight excluding hydrogens is 266 g/mol. The number of aromatic nitrogens is 4. The van der Waals surface area contributed by atoms with E-state index in [9.17, 15) is 10.1 Å². The molecule has 0 radical (unpaired) electrons. The summed E-state index contributed by atoms with van der Waals surface area (Å²) in [5.41, 5.74) is 0.753. The maximum absolute atomic E-state index is 10.9. The van der Waals surface area contributed by atoms with Crippen LogP contribution in [0.2, 0.25) is 0 Å². The van der Waals surface area contributed by atoms with Crippen LogP contribution < -0.4 is 0 Å². The first-order valence-corrected chi connectivity index (χ1v) is 6.43. The molecule has 0 saturated carbocycles. The van der Waals surface area contributed by atoms with Gasteiger partial charge in [0.25, 0.3) is 5.69 Å². The Morgan fingerprint density at radius 1 is 1.47 bits per heavy atom. The molecule has 0 aliphatic carbocycles. The number of rotatable bonds is 6.